The summed E-state index contributed by atoms with van der Waals surface area (Å²) in [6.07, 6.45) is 1.80. The third-order valence-corrected chi connectivity index (χ3v) is 1.99. The molecule has 16 heavy (non-hydrogen) atoms. The Morgan fingerprint density at radius 1 is 1.06 bits per heavy atom. The van der Waals surface area contributed by atoms with Gasteiger partial charge in [-0.1, -0.05) is 18.2 Å². The molecule has 4 heteroatoms. The Labute approximate surface area is 96.7 Å². The van der Waals surface area contributed by atoms with Gasteiger partial charge in [0.05, 0.1) is 13.2 Å². The molecule has 0 atom stereocenters. The first kappa shape index (κ1) is 13.0. The molecule has 90 valence electrons. The molecule has 4 nitrogen and oxygen atoms in total. The topological polar surface area (TPSA) is 56.5 Å². The fraction of sp³-hybridized carbons (Fsp3) is 0.500. The molecule has 0 unspecified atom stereocenters. The molecule has 0 amide bonds. The van der Waals surface area contributed by atoms with Crippen LogP contribution in [0.25, 0.3) is 0 Å². The quantitative estimate of drug-likeness (QED) is 0.491. The van der Waals surface area contributed by atoms with Gasteiger partial charge in [0.15, 0.2) is 0 Å². The zero-order valence-corrected chi connectivity index (χ0v) is 9.52. The Kier molecular flexibility index (Phi) is 7.42. The summed E-state index contributed by atoms with van der Waals surface area (Å²) in [5.74, 6) is 0.901. The van der Waals surface area contributed by atoms with E-state index in [1.54, 1.807) is 0 Å². The lowest BCUT2D eigenvalue weighted by Gasteiger charge is -2.07. The van der Waals surface area contributed by atoms with Gasteiger partial charge in [0.2, 0.25) is 0 Å². The smallest absolute Gasteiger partial charge is 0.119 e. The Bertz CT molecular complexity index is 254. The molecule has 0 fully saturated rings. The van der Waals surface area contributed by atoms with Crippen LogP contribution in [-0.2, 0) is 4.84 Å². The molecule has 0 aliphatic heterocycles. The molecular formula is C12H20N2O2. The number of hydrogen-bond acceptors (Lipinski definition) is 4. The second kappa shape index (κ2) is 9.15. The van der Waals surface area contributed by atoms with Gasteiger partial charge in [0.1, 0.15) is 5.75 Å². The number of rotatable bonds is 9. The number of hydroxylamine groups is 1. The van der Waals surface area contributed by atoms with E-state index >= 15 is 0 Å². The third kappa shape index (κ3) is 6.40. The van der Waals surface area contributed by atoms with Gasteiger partial charge in [0, 0.05) is 13.0 Å². The molecule has 0 spiro atoms. The Morgan fingerprint density at radius 2 is 1.88 bits per heavy atom. The molecule has 0 saturated heterocycles. The second-order valence-corrected chi connectivity index (χ2v) is 3.40. The maximum absolute atomic E-state index is 5.51. The highest BCUT2D eigenvalue weighted by Crippen LogP contribution is 2.08. The van der Waals surface area contributed by atoms with Crippen LogP contribution in [0.3, 0.4) is 0 Å². The zero-order chi connectivity index (χ0) is 11.5. The van der Waals surface area contributed by atoms with Crippen molar-refractivity contribution in [1.29, 1.82) is 0 Å². The van der Waals surface area contributed by atoms with E-state index in [0.717, 1.165) is 25.1 Å². The van der Waals surface area contributed by atoms with Crippen LogP contribution in [-0.4, -0.2) is 26.3 Å². The number of benzene rings is 1. The van der Waals surface area contributed by atoms with E-state index in [1.807, 2.05) is 30.3 Å². The van der Waals surface area contributed by atoms with Crippen molar-refractivity contribution < 1.29 is 9.57 Å². The van der Waals surface area contributed by atoms with Gasteiger partial charge in [-0.2, -0.15) is 0 Å². The fourth-order valence-electron chi connectivity index (χ4n) is 1.16. The number of nitrogens with one attached hydrogen (secondary N) is 1. The van der Waals surface area contributed by atoms with Crippen molar-refractivity contribution in [2.45, 2.75) is 12.8 Å². The molecule has 3 N–H and O–H groups in total. The standard InChI is InChI=1S/C12H20N2O2/c13-8-4-9-14-16-11-5-10-15-12-6-2-1-3-7-12/h1-3,6-7,14H,4-5,8-11,13H2. The second-order valence-electron chi connectivity index (χ2n) is 3.40. The first-order valence-electron chi connectivity index (χ1n) is 5.66. The lowest BCUT2D eigenvalue weighted by Crippen LogP contribution is -2.20. The van der Waals surface area contributed by atoms with Crippen LogP contribution in [0.15, 0.2) is 30.3 Å². The predicted octanol–water partition coefficient (Wildman–Crippen LogP) is 1.33. The van der Waals surface area contributed by atoms with Gasteiger partial charge >= 0.3 is 0 Å². The first-order chi connectivity index (χ1) is 7.93. The van der Waals surface area contributed by atoms with E-state index in [9.17, 15) is 0 Å². The summed E-state index contributed by atoms with van der Waals surface area (Å²) in [7, 11) is 0. The van der Waals surface area contributed by atoms with Gasteiger partial charge < -0.3 is 15.3 Å². The van der Waals surface area contributed by atoms with Crippen LogP contribution >= 0.6 is 0 Å². The molecule has 0 aromatic heterocycles. The Hall–Kier alpha value is -1.10. The predicted molar refractivity (Wildman–Crippen MR) is 64.2 cm³/mol. The summed E-state index contributed by atoms with van der Waals surface area (Å²) < 4.78 is 5.51. The van der Waals surface area contributed by atoms with E-state index in [2.05, 4.69) is 5.48 Å². The molecule has 1 aromatic carbocycles. The van der Waals surface area contributed by atoms with Crippen LogP contribution in [0.2, 0.25) is 0 Å². The molecular weight excluding hydrogens is 204 g/mol. The third-order valence-electron chi connectivity index (χ3n) is 1.99. The fourth-order valence-corrected chi connectivity index (χ4v) is 1.16. The number of nitrogens with two attached hydrogens (primary N) is 1. The normalized spacial score (nSPS) is 10.3. The molecule has 0 bridgehead atoms. The molecule has 0 radical (unpaired) electrons. The number of para-hydroxylation sites is 1. The molecule has 1 rings (SSSR count). The van der Waals surface area contributed by atoms with Crippen molar-refractivity contribution in [3.63, 3.8) is 0 Å². The first-order valence-corrected chi connectivity index (χ1v) is 5.66. The average Bonchev–Trinajstić information content (AvgIpc) is 2.34. The monoisotopic (exact) mass is 224 g/mol. The summed E-state index contributed by atoms with van der Waals surface area (Å²) in [6, 6.07) is 9.78. The molecule has 0 aliphatic carbocycles. The maximum atomic E-state index is 5.51. The van der Waals surface area contributed by atoms with E-state index < -0.39 is 0 Å². The average molecular weight is 224 g/mol. The van der Waals surface area contributed by atoms with Crippen molar-refractivity contribution in [2.24, 2.45) is 5.73 Å². The minimum atomic E-state index is 0.650. The van der Waals surface area contributed by atoms with E-state index in [0.29, 0.717) is 19.8 Å². The number of ether oxygens (including phenoxy) is 1. The molecule has 0 heterocycles. The maximum Gasteiger partial charge on any atom is 0.119 e. The highest BCUT2D eigenvalue weighted by atomic mass is 16.6. The Morgan fingerprint density at radius 3 is 2.62 bits per heavy atom. The van der Waals surface area contributed by atoms with Crippen molar-refractivity contribution in [1.82, 2.24) is 5.48 Å². The molecule has 0 aliphatic rings. The van der Waals surface area contributed by atoms with Crippen molar-refractivity contribution in [3.8, 4) is 5.75 Å². The zero-order valence-electron chi connectivity index (χ0n) is 9.52. The minimum Gasteiger partial charge on any atom is -0.494 e. The van der Waals surface area contributed by atoms with E-state index in [1.165, 1.54) is 0 Å². The van der Waals surface area contributed by atoms with Gasteiger partial charge in [0.25, 0.3) is 0 Å². The minimum absolute atomic E-state index is 0.650. The lowest BCUT2D eigenvalue weighted by atomic mass is 10.3. The van der Waals surface area contributed by atoms with Crippen LogP contribution in [0.1, 0.15) is 12.8 Å². The highest BCUT2D eigenvalue weighted by Gasteiger charge is 1.92. The van der Waals surface area contributed by atoms with Crippen molar-refractivity contribution in [3.05, 3.63) is 30.3 Å². The summed E-state index contributed by atoms with van der Waals surface area (Å²) in [5.41, 5.74) is 8.19. The van der Waals surface area contributed by atoms with Crippen LogP contribution in [0, 0.1) is 0 Å². The molecule has 1 aromatic rings. The molecule has 0 saturated carbocycles. The van der Waals surface area contributed by atoms with E-state index in [4.69, 9.17) is 15.3 Å². The number of hydrogen-bond donors (Lipinski definition) is 2. The summed E-state index contributed by atoms with van der Waals surface area (Å²) >= 11 is 0. The van der Waals surface area contributed by atoms with Crippen LogP contribution in [0.4, 0.5) is 0 Å². The van der Waals surface area contributed by atoms with Crippen LogP contribution < -0.4 is 16.0 Å². The summed E-state index contributed by atoms with van der Waals surface area (Å²) in [4.78, 5) is 5.19. The lowest BCUT2D eigenvalue weighted by molar-refractivity contribution is 0.0338. The highest BCUT2D eigenvalue weighted by molar-refractivity contribution is 5.20. The van der Waals surface area contributed by atoms with Crippen LogP contribution in [0.5, 0.6) is 5.75 Å². The van der Waals surface area contributed by atoms with Gasteiger partial charge in [-0.15, -0.1) is 0 Å². The van der Waals surface area contributed by atoms with Crippen molar-refractivity contribution in [2.75, 3.05) is 26.3 Å². The summed E-state index contributed by atoms with van der Waals surface area (Å²) in [5, 5.41) is 0. The summed E-state index contributed by atoms with van der Waals surface area (Å²) in [6.45, 7) is 2.81. The van der Waals surface area contributed by atoms with E-state index in [-0.39, 0.29) is 0 Å². The van der Waals surface area contributed by atoms with Crippen molar-refractivity contribution >= 4 is 0 Å². The van der Waals surface area contributed by atoms with Gasteiger partial charge in [-0.25, -0.2) is 5.48 Å². The Balaban J connectivity index is 1.89. The SMILES string of the molecule is NCCCNOCCCOc1ccccc1. The van der Waals surface area contributed by atoms with Gasteiger partial charge in [-0.05, 0) is 25.1 Å². The largest absolute Gasteiger partial charge is 0.494 e. The van der Waals surface area contributed by atoms with Gasteiger partial charge in [-0.3, -0.25) is 0 Å².